The summed E-state index contributed by atoms with van der Waals surface area (Å²) in [7, 11) is 0. The van der Waals surface area contributed by atoms with Gasteiger partial charge in [-0.2, -0.15) is 4.98 Å². The standard InChI is InChI=1S/C20H23N5O2S.ClH/c21-16-7-5-15(6-8-16)20(26)25-12-10-24(11-13-25)9-1-4-18-22-19(23-27-18)17-3-2-14-28-17;/h2-3,5-8,14H,1,4,9-13,21H2;1H. The smallest absolute Gasteiger partial charge is 0.253 e. The summed E-state index contributed by atoms with van der Waals surface area (Å²) in [4.78, 5) is 22.3. The number of amides is 1. The lowest BCUT2D eigenvalue weighted by Gasteiger charge is -2.34. The molecule has 154 valence electrons. The minimum atomic E-state index is 0. The van der Waals surface area contributed by atoms with E-state index in [1.54, 1.807) is 35.6 Å². The number of thiophene rings is 1. The zero-order valence-corrected chi connectivity index (χ0v) is 17.6. The molecule has 0 radical (unpaired) electrons. The summed E-state index contributed by atoms with van der Waals surface area (Å²) in [5.74, 6) is 1.42. The van der Waals surface area contributed by atoms with Crippen LogP contribution in [-0.2, 0) is 6.42 Å². The Morgan fingerprint density at radius 3 is 2.59 bits per heavy atom. The highest BCUT2D eigenvalue weighted by Crippen LogP contribution is 2.21. The Morgan fingerprint density at radius 1 is 1.14 bits per heavy atom. The van der Waals surface area contributed by atoms with Crippen LogP contribution in [0, 0.1) is 0 Å². The van der Waals surface area contributed by atoms with Crippen molar-refractivity contribution in [1.82, 2.24) is 19.9 Å². The molecular formula is C20H24ClN5O2S. The minimum absolute atomic E-state index is 0. The number of halogens is 1. The van der Waals surface area contributed by atoms with E-state index in [2.05, 4.69) is 15.0 Å². The maximum absolute atomic E-state index is 12.6. The summed E-state index contributed by atoms with van der Waals surface area (Å²) >= 11 is 1.61. The van der Waals surface area contributed by atoms with Gasteiger partial charge in [-0.15, -0.1) is 23.7 Å². The summed E-state index contributed by atoms with van der Waals surface area (Å²) in [6.45, 7) is 4.20. The van der Waals surface area contributed by atoms with Crippen molar-refractivity contribution >= 4 is 35.3 Å². The highest BCUT2D eigenvalue weighted by atomic mass is 35.5. The summed E-state index contributed by atoms with van der Waals surface area (Å²) < 4.78 is 5.35. The minimum Gasteiger partial charge on any atom is -0.399 e. The van der Waals surface area contributed by atoms with Crippen LogP contribution in [0.2, 0.25) is 0 Å². The summed E-state index contributed by atoms with van der Waals surface area (Å²) in [5.41, 5.74) is 7.06. The molecule has 1 aliphatic heterocycles. The topological polar surface area (TPSA) is 88.5 Å². The van der Waals surface area contributed by atoms with Crippen molar-refractivity contribution in [2.24, 2.45) is 0 Å². The maximum Gasteiger partial charge on any atom is 0.253 e. The number of nitrogens with two attached hydrogens (primary N) is 1. The number of piperazine rings is 1. The molecular weight excluding hydrogens is 410 g/mol. The average molecular weight is 434 g/mol. The van der Waals surface area contributed by atoms with Gasteiger partial charge in [0.25, 0.3) is 5.91 Å². The van der Waals surface area contributed by atoms with Crippen LogP contribution in [0.3, 0.4) is 0 Å². The normalized spacial score (nSPS) is 14.6. The van der Waals surface area contributed by atoms with Gasteiger partial charge in [-0.1, -0.05) is 11.2 Å². The van der Waals surface area contributed by atoms with Crippen molar-refractivity contribution in [1.29, 1.82) is 0 Å². The Morgan fingerprint density at radius 2 is 1.90 bits per heavy atom. The fourth-order valence-electron chi connectivity index (χ4n) is 3.30. The molecule has 1 amide bonds. The summed E-state index contributed by atoms with van der Waals surface area (Å²) in [6, 6.07) is 11.1. The Balaban J connectivity index is 0.00000240. The first kappa shape index (κ1) is 21.3. The van der Waals surface area contributed by atoms with Crippen LogP contribution in [0.15, 0.2) is 46.3 Å². The predicted molar refractivity (Wildman–Crippen MR) is 116 cm³/mol. The first-order chi connectivity index (χ1) is 13.7. The van der Waals surface area contributed by atoms with E-state index in [0.29, 0.717) is 23.0 Å². The van der Waals surface area contributed by atoms with Gasteiger partial charge in [-0.05, 0) is 48.7 Å². The Kier molecular flexibility index (Phi) is 7.24. The Labute approximate surface area is 179 Å². The van der Waals surface area contributed by atoms with Crippen molar-refractivity contribution in [3.63, 3.8) is 0 Å². The van der Waals surface area contributed by atoms with Gasteiger partial charge < -0.3 is 15.2 Å². The van der Waals surface area contributed by atoms with Crippen LogP contribution in [0.1, 0.15) is 22.7 Å². The third-order valence-corrected chi connectivity index (χ3v) is 5.76. The molecule has 29 heavy (non-hydrogen) atoms. The molecule has 2 aromatic heterocycles. The van der Waals surface area contributed by atoms with Gasteiger partial charge in [0.15, 0.2) is 0 Å². The Hall–Kier alpha value is -2.42. The average Bonchev–Trinajstić information content (AvgIpc) is 3.40. The molecule has 4 rings (SSSR count). The maximum atomic E-state index is 12.6. The van der Waals surface area contributed by atoms with E-state index in [-0.39, 0.29) is 18.3 Å². The van der Waals surface area contributed by atoms with Gasteiger partial charge in [0.2, 0.25) is 11.7 Å². The molecule has 9 heteroatoms. The van der Waals surface area contributed by atoms with Crippen molar-refractivity contribution in [3.8, 4) is 10.7 Å². The van der Waals surface area contributed by atoms with Gasteiger partial charge in [-0.25, -0.2) is 0 Å². The molecule has 1 aromatic carbocycles. The second-order valence-electron chi connectivity index (χ2n) is 6.85. The number of nitrogen functional groups attached to an aromatic ring is 1. The monoisotopic (exact) mass is 433 g/mol. The van der Waals surface area contributed by atoms with Crippen LogP contribution in [0.5, 0.6) is 0 Å². The molecule has 1 fully saturated rings. The first-order valence-electron chi connectivity index (χ1n) is 9.43. The number of hydrogen-bond donors (Lipinski definition) is 1. The number of carbonyl (C=O) groups excluding carboxylic acids is 1. The number of benzene rings is 1. The second-order valence-corrected chi connectivity index (χ2v) is 7.80. The van der Waals surface area contributed by atoms with Crippen LogP contribution in [0.4, 0.5) is 5.69 Å². The molecule has 3 aromatic rings. The number of aryl methyl sites for hydroxylation is 1. The van der Waals surface area contributed by atoms with Gasteiger partial charge in [0.1, 0.15) is 0 Å². The fourth-order valence-corrected chi connectivity index (χ4v) is 3.95. The van der Waals surface area contributed by atoms with Gasteiger partial charge >= 0.3 is 0 Å². The molecule has 0 bridgehead atoms. The van der Waals surface area contributed by atoms with Crippen LogP contribution in [-0.4, -0.2) is 58.6 Å². The highest BCUT2D eigenvalue weighted by molar-refractivity contribution is 7.13. The molecule has 2 N–H and O–H groups in total. The molecule has 3 heterocycles. The van der Waals surface area contributed by atoms with E-state index < -0.39 is 0 Å². The molecule has 1 aliphatic rings. The number of nitrogens with zero attached hydrogens (tertiary/aromatic N) is 4. The van der Waals surface area contributed by atoms with Crippen LogP contribution >= 0.6 is 23.7 Å². The highest BCUT2D eigenvalue weighted by Gasteiger charge is 2.22. The van der Waals surface area contributed by atoms with Crippen molar-refractivity contribution < 1.29 is 9.32 Å². The third-order valence-electron chi connectivity index (χ3n) is 4.89. The van der Waals surface area contributed by atoms with E-state index >= 15 is 0 Å². The van der Waals surface area contributed by atoms with Crippen molar-refractivity contribution in [2.45, 2.75) is 12.8 Å². The van der Waals surface area contributed by atoms with E-state index in [0.717, 1.165) is 50.4 Å². The third kappa shape index (κ3) is 5.35. The van der Waals surface area contributed by atoms with Crippen molar-refractivity contribution in [2.75, 3.05) is 38.5 Å². The molecule has 0 spiro atoms. The first-order valence-corrected chi connectivity index (χ1v) is 10.3. The molecule has 7 nitrogen and oxygen atoms in total. The van der Waals surface area contributed by atoms with E-state index in [4.69, 9.17) is 10.3 Å². The molecule has 1 saturated heterocycles. The number of aromatic nitrogens is 2. The molecule has 0 saturated carbocycles. The lowest BCUT2D eigenvalue weighted by Crippen LogP contribution is -2.48. The van der Waals surface area contributed by atoms with E-state index in [9.17, 15) is 4.79 Å². The quantitative estimate of drug-likeness (QED) is 0.600. The number of carbonyl (C=O) groups is 1. The van der Waals surface area contributed by atoms with Crippen LogP contribution < -0.4 is 5.73 Å². The van der Waals surface area contributed by atoms with Crippen molar-refractivity contribution in [3.05, 3.63) is 53.2 Å². The van der Waals surface area contributed by atoms with E-state index in [1.807, 2.05) is 22.4 Å². The lowest BCUT2D eigenvalue weighted by atomic mass is 10.1. The second kappa shape index (κ2) is 9.87. The summed E-state index contributed by atoms with van der Waals surface area (Å²) in [6.07, 6.45) is 1.72. The van der Waals surface area contributed by atoms with Gasteiger partial charge in [-0.3, -0.25) is 9.69 Å². The van der Waals surface area contributed by atoms with Gasteiger partial charge in [0, 0.05) is 43.9 Å². The van der Waals surface area contributed by atoms with E-state index in [1.165, 1.54) is 0 Å². The molecule has 0 unspecified atom stereocenters. The predicted octanol–water partition coefficient (Wildman–Crippen LogP) is 3.19. The number of anilines is 1. The Bertz CT molecular complexity index is 905. The molecule has 0 aliphatic carbocycles. The summed E-state index contributed by atoms with van der Waals surface area (Å²) in [5, 5.41) is 6.05. The number of rotatable bonds is 6. The lowest BCUT2D eigenvalue weighted by molar-refractivity contribution is 0.0635. The zero-order valence-electron chi connectivity index (χ0n) is 16.0. The fraction of sp³-hybridized carbons (Fsp3) is 0.350. The SMILES string of the molecule is Cl.Nc1ccc(C(=O)N2CCN(CCCc3nc(-c4cccs4)no3)CC2)cc1. The zero-order chi connectivity index (χ0) is 19.3. The van der Waals surface area contributed by atoms with Crippen LogP contribution in [0.25, 0.3) is 10.7 Å². The van der Waals surface area contributed by atoms with Gasteiger partial charge in [0.05, 0.1) is 4.88 Å². The number of hydrogen-bond acceptors (Lipinski definition) is 7. The molecule has 0 atom stereocenters. The largest absolute Gasteiger partial charge is 0.399 e.